The highest BCUT2D eigenvalue weighted by Crippen LogP contribution is 2.29. The average molecular weight is 396 g/mol. The molecule has 152 valence electrons. The summed E-state index contributed by atoms with van der Waals surface area (Å²) in [7, 11) is 1.79. The number of nitrogens with one attached hydrogen (secondary N) is 1. The van der Waals surface area contributed by atoms with Gasteiger partial charge in [0.15, 0.2) is 0 Å². The van der Waals surface area contributed by atoms with Gasteiger partial charge in [0.05, 0.1) is 41.6 Å². The molecular weight excluding hydrogens is 372 g/mol. The number of rotatable bonds is 4. The molecule has 29 heavy (non-hydrogen) atoms. The van der Waals surface area contributed by atoms with Gasteiger partial charge in [0.1, 0.15) is 5.52 Å². The van der Waals surface area contributed by atoms with E-state index in [9.17, 15) is 4.79 Å². The van der Waals surface area contributed by atoms with E-state index >= 15 is 0 Å². The third kappa shape index (κ3) is 3.02. The van der Waals surface area contributed by atoms with Crippen LogP contribution in [0.15, 0.2) is 29.3 Å². The van der Waals surface area contributed by atoms with E-state index < -0.39 is 0 Å². The first-order chi connectivity index (χ1) is 14.2. The first-order valence-electron chi connectivity index (χ1n) is 9.94. The minimum atomic E-state index is -0.0377. The SMILES string of the molecule is Cn1c(=O)n(C2CCOCC2)c2c3nc(C4=CN(CCO)NC4)ccc3ncc21. The van der Waals surface area contributed by atoms with Crippen LogP contribution in [-0.2, 0) is 11.8 Å². The lowest BCUT2D eigenvalue weighted by molar-refractivity contribution is 0.0697. The summed E-state index contributed by atoms with van der Waals surface area (Å²) in [6, 6.07) is 4.01. The van der Waals surface area contributed by atoms with Crippen molar-refractivity contribution in [2.24, 2.45) is 7.05 Å². The highest BCUT2D eigenvalue weighted by Gasteiger charge is 2.24. The second-order valence-corrected chi connectivity index (χ2v) is 7.52. The number of aliphatic hydroxyl groups is 1. The minimum Gasteiger partial charge on any atom is -0.394 e. The Morgan fingerprint density at radius 2 is 2.14 bits per heavy atom. The number of hydrogen-bond donors (Lipinski definition) is 2. The van der Waals surface area contributed by atoms with Gasteiger partial charge in [-0.05, 0) is 25.0 Å². The van der Waals surface area contributed by atoms with Crippen molar-refractivity contribution in [3.63, 3.8) is 0 Å². The highest BCUT2D eigenvalue weighted by atomic mass is 16.5. The summed E-state index contributed by atoms with van der Waals surface area (Å²) in [5, 5.41) is 11.0. The van der Waals surface area contributed by atoms with E-state index in [2.05, 4.69) is 10.4 Å². The molecule has 2 aliphatic heterocycles. The summed E-state index contributed by atoms with van der Waals surface area (Å²) in [5.41, 5.74) is 8.20. The van der Waals surface area contributed by atoms with Crippen molar-refractivity contribution in [3.05, 3.63) is 40.7 Å². The number of nitrogens with zero attached hydrogens (tertiary/aromatic N) is 5. The van der Waals surface area contributed by atoms with E-state index in [-0.39, 0.29) is 18.3 Å². The number of pyridine rings is 2. The van der Waals surface area contributed by atoms with E-state index in [0.717, 1.165) is 46.2 Å². The number of hydrazine groups is 1. The van der Waals surface area contributed by atoms with E-state index in [1.165, 1.54) is 0 Å². The number of aromatic nitrogens is 4. The lowest BCUT2D eigenvalue weighted by Crippen LogP contribution is -2.31. The second kappa shape index (κ2) is 7.25. The molecule has 2 N–H and O–H groups in total. The Morgan fingerprint density at radius 3 is 2.93 bits per heavy atom. The number of fused-ring (bicyclic) bond motifs is 3. The maximum atomic E-state index is 13.1. The molecule has 0 bridgehead atoms. The summed E-state index contributed by atoms with van der Waals surface area (Å²) in [6.45, 7) is 2.56. The smallest absolute Gasteiger partial charge is 0.329 e. The van der Waals surface area contributed by atoms with Crippen LogP contribution in [-0.4, -0.2) is 62.1 Å². The molecule has 9 nitrogen and oxygen atoms in total. The normalized spacial score (nSPS) is 18.1. The zero-order valence-electron chi connectivity index (χ0n) is 16.3. The van der Waals surface area contributed by atoms with Crippen molar-refractivity contribution in [2.75, 3.05) is 32.9 Å². The summed E-state index contributed by atoms with van der Waals surface area (Å²) < 4.78 is 9.04. The van der Waals surface area contributed by atoms with Crippen molar-refractivity contribution < 1.29 is 9.84 Å². The van der Waals surface area contributed by atoms with Gasteiger partial charge < -0.3 is 14.9 Å². The van der Waals surface area contributed by atoms with Gasteiger partial charge in [-0.2, -0.15) is 0 Å². The molecule has 0 amide bonds. The maximum Gasteiger partial charge on any atom is 0.329 e. The fraction of sp³-hybridized carbons (Fsp3) is 0.450. The quantitative estimate of drug-likeness (QED) is 0.673. The Balaban J connectivity index is 1.70. The van der Waals surface area contributed by atoms with Gasteiger partial charge in [-0.3, -0.25) is 14.1 Å². The fourth-order valence-electron chi connectivity index (χ4n) is 4.22. The summed E-state index contributed by atoms with van der Waals surface area (Å²) in [6.07, 6.45) is 5.35. The van der Waals surface area contributed by atoms with E-state index in [0.29, 0.717) is 26.3 Å². The van der Waals surface area contributed by atoms with Crippen molar-refractivity contribution in [1.82, 2.24) is 29.5 Å². The molecule has 5 heterocycles. The van der Waals surface area contributed by atoms with Gasteiger partial charge >= 0.3 is 5.69 Å². The second-order valence-electron chi connectivity index (χ2n) is 7.52. The zero-order chi connectivity index (χ0) is 20.0. The third-order valence-corrected chi connectivity index (χ3v) is 5.77. The Hall–Kier alpha value is -2.75. The van der Waals surface area contributed by atoms with Gasteiger partial charge in [0.2, 0.25) is 0 Å². The number of imidazole rings is 1. The first-order valence-corrected chi connectivity index (χ1v) is 9.94. The molecule has 5 rings (SSSR count). The lowest BCUT2D eigenvalue weighted by atomic mass is 10.1. The predicted molar refractivity (Wildman–Crippen MR) is 109 cm³/mol. The first kappa shape index (κ1) is 18.3. The molecule has 3 aromatic rings. The van der Waals surface area contributed by atoms with Crippen molar-refractivity contribution in [2.45, 2.75) is 18.9 Å². The molecule has 0 aliphatic carbocycles. The van der Waals surface area contributed by atoms with E-state index in [1.54, 1.807) is 17.8 Å². The van der Waals surface area contributed by atoms with E-state index in [1.807, 2.05) is 27.9 Å². The number of β-amino-alcohol motifs (C(OH)–C–C–N with tert-alkyl or cyclic N) is 1. The topological polar surface area (TPSA) is 97.4 Å². The largest absolute Gasteiger partial charge is 0.394 e. The van der Waals surface area contributed by atoms with Gasteiger partial charge in [-0.1, -0.05) is 0 Å². The standard InChI is InChI=1S/C20H24N6O3/c1-24-17-11-21-16-3-2-15(13-10-22-25(12-13)6-7-27)23-18(16)19(17)26(20(24)28)14-4-8-29-9-5-14/h2-3,11-12,14,22,27H,4-10H2,1H3. The lowest BCUT2D eigenvalue weighted by Gasteiger charge is -2.23. The zero-order valence-corrected chi connectivity index (χ0v) is 16.3. The van der Waals surface area contributed by atoms with Crippen LogP contribution < -0.4 is 11.1 Å². The van der Waals surface area contributed by atoms with E-state index in [4.69, 9.17) is 14.8 Å². The third-order valence-electron chi connectivity index (χ3n) is 5.77. The molecule has 1 saturated heterocycles. The Bertz CT molecular complexity index is 1160. The van der Waals surface area contributed by atoms with Crippen LogP contribution in [0.2, 0.25) is 0 Å². The molecule has 0 spiro atoms. The number of aliphatic hydroxyl groups excluding tert-OH is 1. The van der Waals surface area contributed by atoms with Crippen LogP contribution in [0.4, 0.5) is 0 Å². The number of hydrogen-bond acceptors (Lipinski definition) is 7. The van der Waals surface area contributed by atoms with Crippen LogP contribution in [0.1, 0.15) is 24.6 Å². The number of ether oxygens (including phenoxy) is 1. The molecule has 0 unspecified atom stereocenters. The van der Waals surface area contributed by atoms with Crippen molar-refractivity contribution in [1.29, 1.82) is 0 Å². The van der Waals surface area contributed by atoms with Crippen LogP contribution >= 0.6 is 0 Å². The Kier molecular flexibility index (Phi) is 4.57. The molecular formula is C20H24N6O3. The van der Waals surface area contributed by atoms with Gasteiger partial charge in [-0.15, -0.1) is 0 Å². The Labute approximate surface area is 167 Å². The molecule has 9 heteroatoms. The Morgan fingerprint density at radius 1 is 1.31 bits per heavy atom. The molecule has 0 atom stereocenters. The van der Waals surface area contributed by atoms with Gasteiger partial charge in [0, 0.05) is 44.6 Å². The summed E-state index contributed by atoms with van der Waals surface area (Å²) in [4.78, 5) is 22.5. The minimum absolute atomic E-state index is 0.0377. The molecule has 0 aromatic carbocycles. The molecule has 0 saturated carbocycles. The molecule has 0 radical (unpaired) electrons. The summed E-state index contributed by atoms with van der Waals surface area (Å²) >= 11 is 0. The predicted octanol–water partition coefficient (Wildman–Crippen LogP) is 0.788. The summed E-state index contributed by atoms with van der Waals surface area (Å²) in [5.74, 6) is 0. The van der Waals surface area contributed by atoms with Gasteiger partial charge in [-0.25, -0.2) is 15.2 Å². The van der Waals surface area contributed by atoms with Gasteiger partial charge in [0.25, 0.3) is 0 Å². The van der Waals surface area contributed by atoms with Crippen molar-refractivity contribution in [3.8, 4) is 0 Å². The molecule has 1 fully saturated rings. The number of aryl methyl sites for hydroxylation is 1. The van der Waals surface area contributed by atoms with Crippen LogP contribution in [0.3, 0.4) is 0 Å². The van der Waals surface area contributed by atoms with Crippen LogP contribution in [0, 0.1) is 0 Å². The fourth-order valence-corrected chi connectivity index (χ4v) is 4.22. The monoisotopic (exact) mass is 396 g/mol. The van der Waals surface area contributed by atoms with Crippen molar-refractivity contribution >= 4 is 27.6 Å². The highest BCUT2D eigenvalue weighted by molar-refractivity contribution is 6.00. The molecule has 3 aromatic heterocycles. The van der Waals surface area contributed by atoms with Crippen LogP contribution in [0.5, 0.6) is 0 Å². The average Bonchev–Trinajstić information content (AvgIpc) is 3.32. The van der Waals surface area contributed by atoms with Crippen LogP contribution in [0.25, 0.3) is 27.6 Å². The maximum absolute atomic E-state index is 13.1. The molecule has 2 aliphatic rings.